The summed E-state index contributed by atoms with van der Waals surface area (Å²) >= 11 is 0. The third-order valence-corrected chi connectivity index (χ3v) is 1.91. The average molecular weight is 171 g/mol. The molecule has 13 heavy (non-hydrogen) atoms. The predicted octanol–water partition coefficient (Wildman–Crippen LogP) is 1.77. The molecule has 0 saturated heterocycles. The monoisotopic (exact) mass is 171 g/mol. The maximum Gasteiger partial charge on any atom is 0.246 e. The highest BCUT2D eigenvalue weighted by molar-refractivity contribution is 6.00. The largest absolute Gasteiger partial charge is 0.435 e. The molecule has 0 aliphatic heterocycles. The molecular weight excluding hydrogens is 166 g/mol. The molecule has 4 nitrogen and oxygen atoms in total. The van der Waals surface area contributed by atoms with E-state index < -0.39 is 0 Å². The molecule has 0 aromatic carbocycles. The molecule has 0 saturated carbocycles. The lowest BCUT2D eigenvalue weighted by Gasteiger charge is -1.83. The Morgan fingerprint density at radius 1 is 1.08 bits per heavy atom. The van der Waals surface area contributed by atoms with E-state index in [1.54, 1.807) is 24.8 Å². The molecule has 0 N–H and O–H groups in total. The first-order valence-electron chi connectivity index (χ1n) is 3.88. The van der Waals surface area contributed by atoms with Crippen LogP contribution in [0.2, 0.25) is 0 Å². The summed E-state index contributed by atoms with van der Waals surface area (Å²) < 4.78 is 5.42. The van der Waals surface area contributed by atoms with Gasteiger partial charge in [-0.05, 0) is 6.07 Å². The van der Waals surface area contributed by atoms with Crippen LogP contribution < -0.4 is 0 Å². The Balaban J connectivity index is 2.64. The van der Waals surface area contributed by atoms with Crippen molar-refractivity contribution in [1.29, 1.82) is 0 Å². The third-order valence-electron chi connectivity index (χ3n) is 1.91. The number of pyridine rings is 1. The summed E-state index contributed by atoms with van der Waals surface area (Å²) in [6, 6.07) is 1.87. The minimum Gasteiger partial charge on any atom is -0.435 e. The molecule has 0 atom stereocenters. The summed E-state index contributed by atoms with van der Waals surface area (Å²) in [4.78, 5) is 12.2. The minimum absolute atomic E-state index is 0.561. The predicted molar refractivity (Wildman–Crippen MR) is 47.1 cm³/mol. The standard InChI is InChI=1S/C9H5N3O/c1-2-10-5-7-6(1)8-9(13-7)12-4-3-11-8/h1-5H. The average Bonchev–Trinajstić information content (AvgIpc) is 2.56. The number of hydrogen-bond donors (Lipinski definition) is 0. The fourth-order valence-electron chi connectivity index (χ4n) is 1.35. The van der Waals surface area contributed by atoms with Gasteiger partial charge in [-0.1, -0.05) is 0 Å². The summed E-state index contributed by atoms with van der Waals surface area (Å²) in [6.45, 7) is 0. The SMILES string of the molecule is c1cc2c(cn1)oc1nccnc12. The highest BCUT2D eigenvalue weighted by atomic mass is 16.3. The van der Waals surface area contributed by atoms with Crippen molar-refractivity contribution in [1.82, 2.24) is 15.0 Å². The lowest BCUT2D eigenvalue weighted by molar-refractivity contribution is 0.651. The second-order valence-electron chi connectivity index (χ2n) is 2.68. The third kappa shape index (κ3) is 0.823. The Morgan fingerprint density at radius 2 is 2.00 bits per heavy atom. The second kappa shape index (κ2) is 2.26. The zero-order valence-electron chi connectivity index (χ0n) is 6.64. The molecule has 0 bridgehead atoms. The lowest BCUT2D eigenvalue weighted by Crippen LogP contribution is -1.75. The van der Waals surface area contributed by atoms with Gasteiger partial charge in [0.2, 0.25) is 5.71 Å². The number of aromatic nitrogens is 3. The Labute approximate surface area is 73.2 Å². The maximum absolute atomic E-state index is 5.42. The van der Waals surface area contributed by atoms with Crippen LogP contribution in [0.15, 0.2) is 35.3 Å². The van der Waals surface area contributed by atoms with Crippen LogP contribution >= 0.6 is 0 Å². The molecule has 0 aliphatic carbocycles. The smallest absolute Gasteiger partial charge is 0.246 e. The Morgan fingerprint density at radius 3 is 3.00 bits per heavy atom. The molecule has 3 rings (SSSR count). The first kappa shape index (κ1) is 6.54. The van der Waals surface area contributed by atoms with Crippen LogP contribution in [-0.4, -0.2) is 15.0 Å². The molecule has 0 spiro atoms. The number of nitrogens with zero attached hydrogens (tertiary/aromatic N) is 3. The molecule has 3 heterocycles. The zero-order valence-corrected chi connectivity index (χ0v) is 6.64. The fraction of sp³-hybridized carbons (Fsp3) is 0. The van der Waals surface area contributed by atoms with Crippen LogP contribution in [0, 0.1) is 0 Å². The molecule has 0 radical (unpaired) electrons. The quantitative estimate of drug-likeness (QED) is 0.517. The molecule has 0 amide bonds. The van der Waals surface area contributed by atoms with E-state index in [1.165, 1.54) is 0 Å². The first-order valence-corrected chi connectivity index (χ1v) is 3.88. The van der Waals surface area contributed by atoms with E-state index >= 15 is 0 Å². The van der Waals surface area contributed by atoms with E-state index in [9.17, 15) is 0 Å². The van der Waals surface area contributed by atoms with E-state index in [2.05, 4.69) is 15.0 Å². The van der Waals surface area contributed by atoms with E-state index in [1.807, 2.05) is 6.07 Å². The topological polar surface area (TPSA) is 51.8 Å². The van der Waals surface area contributed by atoms with Crippen LogP contribution in [0.1, 0.15) is 0 Å². The van der Waals surface area contributed by atoms with Crippen LogP contribution in [0.4, 0.5) is 0 Å². The summed E-state index contributed by atoms with van der Waals surface area (Å²) in [5, 5.41) is 0.957. The van der Waals surface area contributed by atoms with Crippen LogP contribution in [0.3, 0.4) is 0 Å². The molecule has 0 unspecified atom stereocenters. The van der Waals surface area contributed by atoms with Gasteiger partial charge in [-0.15, -0.1) is 0 Å². The normalized spacial score (nSPS) is 11.1. The second-order valence-corrected chi connectivity index (χ2v) is 2.68. The van der Waals surface area contributed by atoms with E-state index in [0.29, 0.717) is 5.71 Å². The van der Waals surface area contributed by atoms with Crippen molar-refractivity contribution in [2.75, 3.05) is 0 Å². The summed E-state index contributed by atoms with van der Waals surface area (Å²) in [5.74, 6) is 0. The molecule has 4 heteroatoms. The van der Waals surface area contributed by atoms with Crippen molar-refractivity contribution in [3.05, 3.63) is 30.9 Å². The van der Waals surface area contributed by atoms with Gasteiger partial charge in [0.1, 0.15) is 5.52 Å². The van der Waals surface area contributed by atoms with Crippen molar-refractivity contribution in [2.45, 2.75) is 0 Å². The highest BCUT2D eigenvalue weighted by Crippen LogP contribution is 2.23. The number of rotatable bonds is 0. The van der Waals surface area contributed by atoms with Gasteiger partial charge in [0.25, 0.3) is 0 Å². The van der Waals surface area contributed by atoms with Gasteiger partial charge in [0.05, 0.1) is 11.6 Å². The van der Waals surface area contributed by atoms with Gasteiger partial charge >= 0.3 is 0 Å². The van der Waals surface area contributed by atoms with Gasteiger partial charge in [-0.2, -0.15) is 0 Å². The molecule has 62 valence electrons. The first-order chi connectivity index (χ1) is 6.45. The van der Waals surface area contributed by atoms with Crippen LogP contribution in [-0.2, 0) is 0 Å². The van der Waals surface area contributed by atoms with Crippen molar-refractivity contribution in [3.8, 4) is 0 Å². The zero-order chi connectivity index (χ0) is 8.67. The van der Waals surface area contributed by atoms with Gasteiger partial charge in [0.15, 0.2) is 5.58 Å². The van der Waals surface area contributed by atoms with Gasteiger partial charge in [-0.3, -0.25) is 4.98 Å². The number of furan rings is 1. The molecule has 0 fully saturated rings. The van der Waals surface area contributed by atoms with Crippen molar-refractivity contribution in [3.63, 3.8) is 0 Å². The van der Waals surface area contributed by atoms with E-state index in [0.717, 1.165) is 16.5 Å². The number of fused-ring (bicyclic) bond motifs is 3. The van der Waals surface area contributed by atoms with Gasteiger partial charge in [0, 0.05) is 18.6 Å². The van der Waals surface area contributed by atoms with Gasteiger partial charge < -0.3 is 4.42 Å². The summed E-state index contributed by atoms with van der Waals surface area (Å²) in [5.41, 5.74) is 2.08. The summed E-state index contributed by atoms with van der Waals surface area (Å²) in [6.07, 6.45) is 6.64. The molecule has 3 aromatic heterocycles. The van der Waals surface area contributed by atoms with E-state index in [4.69, 9.17) is 4.42 Å². The number of hydrogen-bond acceptors (Lipinski definition) is 4. The fourth-order valence-corrected chi connectivity index (χ4v) is 1.35. The van der Waals surface area contributed by atoms with Crippen molar-refractivity contribution < 1.29 is 4.42 Å². The Bertz CT molecular complexity index is 523. The minimum atomic E-state index is 0.561. The van der Waals surface area contributed by atoms with E-state index in [-0.39, 0.29) is 0 Å². The molecule has 3 aromatic rings. The Hall–Kier alpha value is -1.97. The Kier molecular flexibility index (Phi) is 1.14. The van der Waals surface area contributed by atoms with Crippen LogP contribution in [0.25, 0.3) is 22.2 Å². The molecule has 0 aliphatic rings. The molecular formula is C9H5N3O. The highest BCUT2D eigenvalue weighted by Gasteiger charge is 2.06. The van der Waals surface area contributed by atoms with Crippen molar-refractivity contribution in [2.24, 2.45) is 0 Å². The lowest BCUT2D eigenvalue weighted by atomic mass is 10.3. The maximum atomic E-state index is 5.42. The summed E-state index contributed by atoms with van der Waals surface area (Å²) in [7, 11) is 0. The van der Waals surface area contributed by atoms with Crippen molar-refractivity contribution >= 4 is 22.2 Å². The van der Waals surface area contributed by atoms with Crippen LogP contribution in [0.5, 0.6) is 0 Å². The van der Waals surface area contributed by atoms with Gasteiger partial charge in [-0.25, -0.2) is 9.97 Å².